The van der Waals surface area contributed by atoms with Crippen LogP contribution in [0.3, 0.4) is 0 Å². The van der Waals surface area contributed by atoms with Crippen molar-refractivity contribution in [3.05, 3.63) is 0 Å². The first-order chi connectivity index (χ1) is 9.15. The Morgan fingerprint density at radius 1 is 0.429 bits per heavy atom. The minimum Gasteiger partial charge on any atom is -0.119 e. The van der Waals surface area contributed by atoms with Crippen LogP contribution in [0.15, 0.2) is 0 Å². The van der Waals surface area contributed by atoms with Gasteiger partial charge in [-0.3, -0.25) is 0 Å². The van der Waals surface area contributed by atoms with Gasteiger partial charge in [-0.05, 0) is 0 Å². The lowest BCUT2D eigenvalue weighted by Crippen LogP contribution is -3.03. The van der Waals surface area contributed by atoms with Gasteiger partial charge in [0.1, 0.15) is 39.0 Å². The lowest BCUT2D eigenvalue weighted by molar-refractivity contribution is 0.000455. The fraction of sp³-hybridized carbons (Fsp3) is 1.00. The maximum absolute atomic E-state index is 6.78. The van der Waals surface area contributed by atoms with E-state index in [9.17, 15) is 0 Å². The zero-order valence-corrected chi connectivity index (χ0v) is 17.6. The highest BCUT2D eigenvalue weighted by Crippen LogP contribution is 3.11. The summed E-state index contributed by atoms with van der Waals surface area (Å²) in [4.78, 5) is -12.8. The standard InChI is InChI=1S/C10HCl11/c11-1-2(12)4(14)6(16)3(1,13)7(17)5(2,15)8(4,18)10(20,21)9(6,7)19/h1H. The summed E-state index contributed by atoms with van der Waals surface area (Å²) in [5.41, 5.74) is 0. The van der Waals surface area contributed by atoms with Crippen molar-refractivity contribution in [1.29, 1.82) is 0 Å². The Morgan fingerprint density at radius 2 is 0.667 bits per heavy atom. The van der Waals surface area contributed by atoms with Crippen molar-refractivity contribution in [2.45, 2.75) is 48.7 Å². The Balaban J connectivity index is 2.06. The second-order valence-electron chi connectivity index (χ2n) is 6.31. The Kier molecular flexibility index (Phi) is 2.46. The van der Waals surface area contributed by atoms with E-state index in [0.717, 1.165) is 0 Å². The molecule has 6 rings (SSSR count). The molecule has 0 aliphatic heterocycles. The Morgan fingerprint density at radius 3 is 0.905 bits per heavy atom. The van der Waals surface area contributed by atoms with Crippen LogP contribution in [0.25, 0.3) is 0 Å². The summed E-state index contributed by atoms with van der Waals surface area (Å²) < 4.78 is -1.84. The SMILES string of the molecule is ClC1C2(Cl)C3(Cl)C4(Cl)C(Cl)(Cl)C5(Cl)C3(Cl)C1(Cl)C5(Cl)C24Cl. The van der Waals surface area contributed by atoms with Crippen LogP contribution in [0.2, 0.25) is 0 Å². The summed E-state index contributed by atoms with van der Waals surface area (Å²) in [7, 11) is 0. The zero-order chi connectivity index (χ0) is 16.1. The minimum absolute atomic E-state index is 0.957. The maximum Gasteiger partial charge on any atom is 0.163 e. The fourth-order valence-electron chi connectivity index (χ4n) is 5.85. The van der Waals surface area contributed by atoms with Crippen LogP contribution in [0.4, 0.5) is 0 Å². The van der Waals surface area contributed by atoms with Gasteiger partial charge < -0.3 is 0 Å². The number of alkyl halides is 11. The molecule has 6 aliphatic rings. The van der Waals surface area contributed by atoms with Crippen LogP contribution >= 0.6 is 128 Å². The number of hydrogen-bond acceptors (Lipinski definition) is 0. The molecule has 0 N–H and O–H groups in total. The lowest BCUT2D eigenvalue weighted by atomic mass is 9.41. The third-order valence-electron chi connectivity index (χ3n) is 6.42. The molecule has 0 aromatic carbocycles. The molecule has 4 bridgehead atoms. The average molecular weight is 511 g/mol. The van der Waals surface area contributed by atoms with Crippen LogP contribution in [-0.2, 0) is 0 Å². The first kappa shape index (κ1) is 16.4. The van der Waals surface area contributed by atoms with Crippen LogP contribution in [0, 0.1) is 0 Å². The Labute approximate surface area is 174 Å². The summed E-state index contributed by atoms with van der Waals surface area (Å²) in [6.07, 6.45) is 0. The second-order valence-corrected chi connectivity index (χ2v) is 12.7. The highest BCUT2D eigenvalue weighted by Gasteiger charge is 3.30. The molecule has 0 radical (unpaired) electrons. The molecule has 0 amide bonds. The highest BCUT2D eigenvalue weighted by molar-refractivity contribution is 6.79. The number of rotatable bonds is 0. The fourth-order valence-corrected chi connectivity index (χ4v) is 15.3. The molecule has 0 heterocycles. The summed E-state index contributed by atoms with van der Waals surface area (Å²) in [6, 6.07) is 0. The molecule has 4 atom stereocenters. The highest BCUT2D eigenvalue weighted by atomic mass is 35.5. The zero-order valence-electron chi connectivity index (χ0n) is 9.23. The third kappa shape index (κ3) is 0.686. The predicted octanol–water partition coefficient (Wildman–Crippen LogP) is 5.66. The molecule has 11 heteroatoms. The van der Waals surface area contributed by atoms with Crippen LogP contribution < -0.4 is 0 Å². The van der Waals surface area contributed by atoms with Crippen molar-refractivity contribution < 1.29 is 0 Å². The maximum atomic E-state index is 6.78. The van der Waals surface area contributed by atoms with E-state index in [1.165, 1.54) is 0 Å². The molecule has 21 heavy (non-hydrogen) atoms. The van der Waals surface area contributed by atoms with Gasteiger partial charge in [0, 0.05) is 0 Å². The van der Waals surface area contributed by atoms with E-state index in [0.29, 0.717) is 0 Å². The van der Waals surface area contributed by atoms with E-state index in [-0.39, 0.29) is 0 Å². The van der Waals surface area contributed by atoms with Crippen molar-refractivity contribution in [2.75, 3.05) is 0 Å². The molecule has 6 fully saturated rings. The monoisotopic (exact) mass is 506 g/mol. The van der Waals surface area contributed by atoms with E-state index >= 15 is 0 Å². The molecule has 0 spiro atoms. The smallest absolute Gasteiger partial charge is 0.119 e. The van der Waals surface area contributed by atoms with Gasteiger partial charge in [0.15, 0.2) is 4.33 Å². The van der Waals surface area contributed by atoms with Gasteiger partial charge in [0.2, 0.25) is 0 Å². The van der Waals surface area contributed by atoms with Crippen molar-refractivity contribution in [3.8, 4) is 0 Å². The van der Waals surface area contributed by atoms with Gasteiger partial charge >= 0.3 is 0 Å². The van der Waals surface area contributed by atoms with Crippen LogP contribution in [0.5, 0.6) is 0 Å². The molecule has 0 nitrogen and oxygen atoms in total. The first-order valence-corrected chi connectivity index (χ1v) is 9.90. The summed E-state index contributed by atoms with van der Waals surface area (Å²) in [6.45, 7) is 0. The van der Waals surface area contributed by atoms with Gasteiger partial charge in [0.25, 0.3) is 0 Å². The van der Waals surface area contributed by atoms with Crippen molar-refractivity contribution in [2.24, 2.45) is 0 Å². The van der Waals surface area contributed by atoms with Crippen molar-refractivity contribution in [3.63, 3.8) is 0 Å². The molecule has 6 aliphatic carbocycles. The van der Waals surface area contributed by atoms with Gasteiger partial charge in [-0.1, -0.05) is 23.2 Å². The normalized spacial score (nSPS) is 84.4. The van der Waals surface area contributed by atoms with Gasteiger partial charge in [-0.25, -0.2) is 0 Å². The Hall–Kier alpha value is 3.19. The van der Waals surface area contributed by atoms with Gasteiger partial charge in [0.05, 0.1) is 5.38 Å². The van der Waals surface area contributed by atoms with Crippen LogP contribution in [0.1, 0.15) is 0 Å². The predicted molar refractivity (Wildman–Crippen MR) is 92.7 cm³/mol. The van der Waals surface area contributed by atoms with Crippen molar-refractivity contribution in [1.82, 2.24) is 0 Å². The van der Waals surface area contributed by atoms with E-state index in [2.05, 4.69) is 0 Å². The number of hydrogen-bond donors (Lipinski definition) is 0. The molecule has 4 unspecified atom stereocenters. The summed E-state index contributed by atoms with van der Waals surface area (Å²) in [5, 5.41) is -0.957. The van der Waals surface area contributed by atoms with Crippen LogP contribution in [-0.4, -0.2) is 48.7 Å². The summed E-state index contributed by atoms with van der Waals surface area (Å²) >= 11 is 73.4. The molecule has 0 aromatic rings. The third-order valence-corrected chi connectivity index (χ3v) is 16.5. The van der Waals surface area contributed by atoms with Gasteiger partial charge in [-0.2, -0.15) is 0 Å². The molecule has 0 aromatic heterocycles. The largest absolute Gasteiger partial charge is 0.163 e. The minimum atomic E-state index is -1.84. The molecular weight excluding hydrogens is 510 g/mol. The first-order valence-electron chi connectivity index (χ1n) is 5.69. The molecular formula is C10HCl11. The molecule has 0 saturated heterocycles. The van der Waals surface area contributed by atoms with E-state index in [1.54, 1.807) is 0 Å². The van der Waals surface area contributed by atoms with E-state index < -0.39 is 48.7 Å². The topological polar surface area (TPSA) is 0 Å². The van der Waals surface area contributed by atoms with Gasteiger partial charge in [-0.15, -0.1) is 104 Å². The molecule has 118 valence electrons. The summed E-state index contributed by atoms with van der Waals surface area (Å²) in [5.74, 6) is 0. The lowest BCUT2D eigenvalue weighted by Gasteiger charge is -2.81. The van der Waals surface area contributed by atoms with E-state index in [1.807, 2.05) is 0 Å². The van der Waals surface area contributed by atoms with E-state index in [4.69, 9.17) is 128 Å². The number of halogens is 11. The second kappa shape index (κ2) is 3.15. The van der Waals surface area contributed by atoms with Crippen molar-refractivity contribution >= 4 is 128 Å². The average Bonchev–Trinajstić information content (AvgIpc) is 2.64. The molecule has 6 saturated carbocycles. The Bertz CT molecular complexity index is 588. The quantitative estimate of drug-likeness (QED) is 0.369.